The van der Waals surface area contributed by atoms with E-state index in [1.807, 2.05) is 0 Å². The fourth-order valence-electron chi connectivity index (χ4n) is 1.83. The summed E-state index contributed by atoms with van der Waals surface area (Å²) in [6.07, 6.45) is 0. The van der Waals surface area contributed by atoms with Gasteiger partial charge in [0.05, 0.1) is 0 Å². The van der Waals surface area contributed by atoms with Crippen molar-refractivity contribution in [1.82, 2.24) is 0 Å². The molecule has 0 fully saturated rings. The molecule has 2 N–H and O–H groups in total. The van der Waals surface area contributed by atoms with Crippen molar-refractivity contribution in [3.05, 3.63) is 65.0 Å². The third kappa shape index (κ3) is 3.51. The summed E-state index contributed by atoms with van der Waals surface area (Å²) < 4.78 is 45.0. The lowest BCUT2D eigenvalue weighted by Gasteiger charge is -2.10. The molecule has 0 aromatic heterocycles. The van der Waals surface area contributed by atoms with Crippen LogP contribution in [0.2, 0.25) is 0 Å². The van der Waals surface area contributed by atoms with E-state index in [1.165, 1.54) is 12.1 Å². The zero-order valence-corrected chi connectivity index (χ0v) is 10.9. The molecule has 0 aliphatic heterocycles. The molecule has 0 amide bonds. The van der Waals surface area contributed by atoms with E-state index in [2.05, 4.69) is 0 Å². The van der Waals surface area contributed by atoms with Gasteiger partial charge in [-0.05, 0) is 30.7 Å². The summed E-state index contributed by atoms with van der Waals surface area (Å²) >= 11 is 0. The van der Waals surface area contributed by atoms with Gasteiger partial charge in [-0.2, -0.15) is 0 Å². The maximum atomic E-state index is 13.7. The van der Waals surface area contributed by atoms with Crippen molar-refractivity contribution in [3.63, 3.8) is 0 Å². The highest BCUT2D eigenvalue weighted by atomic mass is 19.1. The Balaban J connectivity index is 2.09. The monoisotopic (exact) mass is 281 g/mol. The minimum absolute atomic E-state index is 0.0500. The second kappa shape index (κ2) is 5.96. The molecule has 0 saturated carbocycles. The summed E-state index contributed by atoms with van der Waals surface area (Å²) in [7, 11) is 0. The lowest BCUT2D eigenvalue weighted by molar-refractivity contribution is 0.303. The van der Waals surface area contributed by atoms with Crippen LogP contribution in [0.15, 0.2) is 36.4 Å². The van der Waals surface area contributed by atoms with Crippen molar-refractivity contribution in [2.24, 2.45) is 5.73 Å². The molecule has 2 aromatic rings. The number of benzene rings is 2. The Morgan fingerprint density at radius 1 is 1.05 bits per heavy atom. The van der Waals surface area contributed by atoms with Crippen LogP contribution in [0, 0.1) is 17.5 Å². The fourth-order valence-corrected chi connectivity index (χ4v) is 1.83. The Morgan fingerprint density at radius 2 is 1.70 bits per heavy atom. The van der Waals surface area contributed by atoms with Gasteiger partial charge in [0, 0.05) is 23.7 Å². The molecule has 0 aliphatic rings. The number of hydrogen-bond acceptors (Lipinski definition) is 2. The summed E-state index contributed by atoms with van der Waals surface area (Å²) in [6, 6.07) is 6.99. The molecule has 0 aliphatic carbocycles. The summed E-state index contributed by atoms with van der Waals surface area (Å²) in [5, 5.41) is 0. The standard InChI is InChI=1S/C15H14F3NO/c1-9(19)14-3-2-13(7-15(14)18)20-8-10-4-11(16)6-12(17)5-10/h2-7,9H,8,19H2,1H3. The molecule has 2 nitrogen and oxygen atoms in total. The fraction of sp³-hybridized carbons (Fsp3) is 0.200. The average molecular weight is 281 g/mol. The molecule has 20 heavy (non-hydrogen) atoms. The van der Waals surface area contributed by atoms with E-state index in [0.717, 1.165) is 18.2 Å². The van der Waals surface area contributed by atoms with Gasteiger partial charge in [0.2, 0.25) is 0 Å². The predicted molar refractivity (Wildman–Crippen MR) is 69.7 cm³/mol. The smallest absolute Gasteiger partial charge is 0.131 e. The quantitative estimate of drug-likeness (QED) is 0.927. The van der Waals surface area contributed by atoms with E-state index in [9.17, 15) is 13.2 Å². The first-order valence-electron chi connectivity index (χ1n) is 6.08. The van der Waals surface area contributed by atoms with Crippen LogP contribution >= 0.6 is 0 Å². The third-order valence-corrected chi connectivity index (χ3v) is 2.79. The number of halogens is 3. The molecule has 1 unspecified atom stereocenters. The Hall–Kier alpha value is -2.01. The minimum Gasteiger partial charge on any atom is -0.489 e. The lowest BCUT2D eigenvalue weighted by Crippen LogP contribution is -2.07. The predicted octanol–water partition coefficient (Wildman–Crippen LogP) is 3.70. The molecule has 2 rings (SSSR count). The van der Waals surface area contributed by atoms with Crippen molar-refractivity contribution < 1.29 is 17.9 Å². The van der Waals surface area contributed by atoms with E-state index in [1.54, 1.807) is 13.0 Å². The summed E-state index contributed by atoms with van der Waals surface area (Å²) in [6.45, 7) is 1.63. The zero-order chi connectivity index (χ0) is 14.7. The second-order valence-corrected chi connectivity index (χ2v) is 4.54. The van der Waals surface area contributed by atoms with E-state index in [0.29, 0.717) is 11.1 Å². The molecule has 0 heterocycles. The summed E-state index contributed by atoms with van der Waals surface area (Å²) in [5.74, 6) is -1.55. The first-order valence-corrected chi connectivity index (χ1v) is 6.08. The van der Waals surface area contributed by atoms with Crippen LogP contribution in [0.5, 0.6) is 5.75 Å². The Labute approximate surface area is 115 Å². The lowest BCUT2D eigenvalue weighted by atomic mass is 10.1. The number of rotatable bonds is 4. The second-order valence-electron chi connectivity index (χ2n) is 4.54. The first kappa shape index (κ1) is 14.4. The van der Waals surface area contributed by atoms with Crippen LogP contribution < -0.4 is 10.5 Å². The first-order chi connectivity index (χ1) is 9.45. The SMILES string of the molecule is CC(N)c1ccc(OCc2cc(F)cc(F)c2)cc1F. The van der Waals surface area contributed by atoms with Gasteiger partial charge in [-0.15, -0.1) is 0 Å². The van der Waals surface area contributed by atoms with E-state index in [-0.39, 0.29) is 12.4 Å². The van der Waals surface area contributed by atoms with Crippen LogP contribution in [0.4, 0.5) is 13.2 Å². The van der Waals surface area contributed by atoms with Gasteiger partial charge in [-0.3, -0.25) is 0 Å². The Bertz CT molecular complexity index is 594. The summed E-state index contributed by atoms with van der Waals surface area (Å²) in [4.78, 5) is 0. The van der Waals surface area contributed by atoms with E-state index >= 15 is 0 Å². The molecule has 0 radical (unpaired) electrons. The Kier molecular flexibility index (Phi) is 4.29. The van der Waals surface area contributed by atoms with E-state index < -0.39 is 23.5 Å². The third-order valence-electron chi connectivity index (χ3n) is 2.79. The van der Waals surface area contributed by atoms with Crippen molar-refractivity contribution in [3.8, 4) is 5.75 Å². The molecule has 2 aromatic carbocycles. The molecule has 1 atom stereocenters. The van der Waals surface area contributed by atoms with Gasteiger partial charge < -0.3 is 10.5 Å². The highest BCUT2D eigenvalue weighted by Gasteiger charge is 2.08. The maximum absolute atomic E-state index is 13.7. The highest BCUT2D eigenvalue weighted by molar-refractivity contribution is 5.31. The number of hydrogen-bond donors (Lipinski definition) is 1. The molecule has 106 valence electrons. The number of nitrogens with two attached hydrogens (primary N) is 1. The van der Waals surface area contributed by atoms with Crippen molar-refractivity contribution in [2.75, 3.05) is 0 Å². The van der Waals surface area contributed by atoms with Crippen LogP contribution in [-0.2, 0) is 6.61 Å². The molecular formula is C15H14F3NO. The van der Waals surface area contributed by atoms with Crippen LogP contribution in [0.1, 0.15) is 24.1 Å². The largest absolute Gasteiger partial charge is 0.489 e. The zero-order valence-electron chi connectivity index (χ0n) is 10.9. The molecular weight excluding hydrogens is 267 g/mol. The molecule has 0 spiro atoms. The normalized spacial score (nSPS) is 12.2. The van der Waals surface area contributed by atoms with Gasteiger partial charge in [0.1, 0.15) is 29.8 Å². The van der Waals surface area contributed by atoms with Crippen molar-refractivity contribution >= 4 is 0 Å². The highest BCUT2D eigenvalue weighted by Crippen LogP contribution is 2.21. The van der Waals surface area contributed by atoms with Crippen LogP contribution in [0.25, 0.3) is 0 Å². The number of ether oxygens (including phenoxy) is 1. The van der Waals surface area contributed by atoms with Gasteiger partial charge in [0.15, 0.2) is 0 Å². The van der Waals surface area contributed by atoms with Crippen molar-refractivity contribution in [1.29, 1.82) is 0 Å². The van der Waals surface area contributed by atoms with Gasteiger partial charge in [-0.25, -0.2) is 13.2 Å². The van der Waals surface area contributed by atoms with Crippen LogP contribution in [0.3, 0.4) is 0 Å². The minimum atomic E-state index is -0.679. The maximum Gasteiger partial charge on any atom is 0.131 e. The molecule has 0 saturated heterocycles. The molecule has 5 heteroatoms. The average Bonchev–Trinajstić information content (AvgIpc) is 2.35. The topological polar surface area (TPSA) is 35.2 Å². The van der Waals surface area contributed by atoms with Crippen molar-refractivity contribution in [2.45, 2.75) is 19.6 Å². The van der Waals surface area contributed by atoms with Gasteiger partial charge >= 0.3 is 0 Å². The summed E-state index contributed by atoms with van der Waals surface area (Å²) in [5.41, 5.74) is 6.31. The van der Waals surface area contributed by atoms with Gasteiger partial charge in [0.25, 0.3) is 0 Å². The van der Waals surface area contributed by atoms with Crippen LogP contribution in [-0.4, -0.2) is 0 Å². The molecule has 0 bridgehead atoms. The van der Waals surface area contributed by atoms with Gasteiger partial charge in [-0.1, -0.05) is 6.07 Å². The van der Waals surface area contributed by atoms with E-state index in [4.69, 9.17) is 10.5 Å². The Morgan fingerprint density at radius 3 is 2.25 bits per heavy atom.